The zero-order valence-electron chi connectivity index (χ0n) is 12.1. The molecule has 0 atom stereocenters. The smallest absolute Gasteiger partial charge is 0.240 e. The number of hydrogen-bond donors (Lipinski definition) is 2. The van der Waals surface area contributed by atoms with Gasteiger partial charge in [0.1, 0.15) is 0 Å². The van der Waals surface area contributed by atoms with Gasteiger partial charge in [-0.05, 0) is 31.2 Å². The molecule has 0 heterocycles. The second kappa shape index (κ2) is 8.19. The first-order valence-electron chi connectivity index (χ1n) is 7.39. The normalized spacial score (nSPS) is 13.8. The molecule has 0 aliphatic heterocycles. The lowest BCUT2D eigenvalue weighted by Crippen LogP contribution is -2.25. The van der Waals surface area contributed by atoms with E-state index in [0.29, 0.717) is 6.54 Å². The Labute approximate surface area is 124 Å². The van der Waals surface area contributed by atoms with Crippen molar-refractivity contribution in [3.05, 3.63) is 35.9 Å². The molecule has 1 saturated carbocycles. The van der Waals surface area contributed by atoms with Gasteiger partial charge in [-0.3, -0.25) is 9.59 Å². The first-order chi connectivity index (χ1) is 10.2. The van der Waals surface area contributed by atoms with Crippen molar-refractivity contribution in [3.63, 3.8) is 0 Å². The molecule has 1 aliphatic rings. The fraction of sp³-hybridized carbons (Fsp3) is 0.438. The Hall–Kier alpha value is -2.17. The molecule has 21 heavy (non-hydrogen) atoms. The van der Waals surface area contributed by atoms with E-state index in [1.807, 2.05) is 30.3 Å². The van der Waals surface area contributed by atoms with Gasteiger partial charge in [-0.15, -0.1) is 0 Å². The lowest BCUT2D eigenvalue weighted by Gasteiger charge is -2.05. The van der Waals surface area contributed by atoms with Crippen molar-refractivity contribution in [2.45, 2.75) is 45.1 Å². The Kier molecular flexibility index (Phi) is 5.94. The van der Waals surface area contributed by atoms with Gasteiger partial charge in [0.2, 0.25) is 11.8 Å². The predicted octanol–water partition coefficient (Wildman–Crippen LogP) is 2.13. The molecule has 0 saturated heterocycles. The monoisotopic (exact) mass is 287 g/mol. The van der Waals surface area contributed by atoms with Crippen molar-refractivity contribution in [2.24, 2.45) is 5.10 Å². The molecule has 0 aromatic heterocycles. The topological polar surface area (TPSA) is 70.6 Å². The highest BCUT2D eigenvalue weighted by molar-refractivity contribution is 5.88. The Balaban J connectivity index is 1.62. The third kappa shape index (κ3) is 5.77. The van der Waals surface area contributed by atoms with E-state index in [4.69, 9.17) is 0 Å². The molecule has 1 aromatic carbocycles. The van der Waals surface area contributed by atoms with Crippen LogP contribution in [0.5, 0.6) is 0 Å². The van der Waals surface area contributed by atoms with Crippen LogP contribution in [-0.4, -0.2) is 17.5 Å². The van der Waals surface area contributed by atoms with Gasteiger partial charge in [0, 0.05) is 25.1 Å². The molecule has 1 aromatic rings. The van der Waals surface area contributed by atoms with E-state index in [0.717, 1.165) is 37.0 Å². The average Bonchev–Trinajstić information content (AvgIpc) is 3.03. The summed E-state index contributed by atoms with van der Waals surface area (Å²) in [5, 5.41) is 6.88. The summed E-state index contributed by atoms with van der Waals surface area (Å²) >= 11 is 0. The molecule has 0 radical (unpaired) electrons. The highest BCUT2D eigenvalue weighted by atomic mass is 16.2. The maximum atomic E-state index is 11.7. The summed E-state index contributed by atoms with van der Waals surface area (Å²) in [5.41, 5.74) is 4.62. The molecule has 2 rings (SSSR count). The van der Waals surface area contributed by atoms with E-state index >= 15 is 0 Å². The van der Waals surface area contributed by atoms with E-state index in [2.05, 4.69) is 15.8 Å². The molecule has 1 fully saturated rings. The Morgan fingerprint density at radius 2 is 1.67 bits per heavy atom. The van der Waals surface area contributed by atoms with Gasteiger partial charge < -0.3 is 5.32 Å². The second-order valence-corrected chi connectivity index (χ2v) is 5.18. The fourth-order valence-corrected chi connectivity index (χ4v) is 2.20. The largest absolute Gasteiger partial charge is 0.352 e. The highest BCUT2D eigenvalue weighted by Gasteiger charge is 2.10. The molecule has 5 nitrogen and oxygen atoms in total. The summed E-state index contributed by atoms with van der Waals surface area (Å²) in [7, 11) is 0. The molecule has 5 heteroatoms. The van der Waals surface area contributed by atoms with Crippen LogP contribution in [0.25, 0.3) is 0 Å². The van der Waals surface area contributed by atoms with Crippen LogP contribution in [0.15, 0.2) is 35.4 Å². The third-order valence-electron chi connectivity index (χ3n) is 3.43. The summed E-state index contributed by atoms with van der Waals surface area (Å²) in [4.78, 5) is 23.2. The van der Waals surface area contributed by atoms with Gasteiger partial charge in [0.25, 0.3) is 0 Å². The van der Waals surface area contributed by atoms with E-state index < -0.39 is 0 Å². The summed E-state index contributed by atoms with van der Waals surface area (Å²) in [6.07, 6.45) is 4.59. The van der Waals surface area contributed by atoms with Gasteiger partial charge in [-0.2, -0.15) is 5.10 Å². The molecule has 0 unspecified atom stereocenters. The van der Waals surface area contributed by atoms with E-state index in [9.17, 15) is 9.59 Å². The van der Waals surface area contributed by atoms with Gasteiger partial charge >= 0.3 is 0 Å². The first-order valence-corrected chi connectivity index (χ1v) is 7.39. The van der Waals surface area contributed by atoms with Crippen molar-refractivity contribution in [3.8, 4) is 0 Å². The number of carbonyl (C=O) groups excluding carboxylic acids is 2. The fourth-order valence-electron chi connectivity index (χ4n) is 2.20. The summed E-state index contributed by atoms with van der Waals surface area (Å²) in [5.74, 6) is -0.327. The zero-order valence-corrected chi connectivity index (χ0v) is 12.1. The third-order valence-corrected chi connectivity index (χ3v) is 3.43. The second-order valence-electron chi connectivity index (χ2n) is 5.18. The average molecular weight is 287 g/mol. The molecule has 112 valence electrons. The quantitative estimate of drug-likeness (QED) is 0.787. The molecule has 2 amide bonds. The lowest BCUT2D eigenvalue weighted by molar-refractivity contribution is -0.126. The Morgan fingerprint density at radius 1 is 1.00 bits per heavy atom. The summed E-state index contributed by atoms with van der Waals surface area (Å²) < 4.78 is 0. The molecule has 0 bridgehead atoms. The minimum Gasteiger partial charge on any atom is -0.352 e. The maximum Gasteiger partial charge on any atom is 0.240 e. The SMILES string of the molecule is O=C(CCC(=O)NN=C1CCCC1)NCc1ccccc1. The van der Waals surface area contributed by atoms with Crippen molar-refractivity contribution in [1.82, 2.24) is 10.7 Å². The molecule has 0 spiro atoms. The summed E-state index contributed by atoms with van der Waals surface area (Å²) in [6.45, 7) is 0.490. The van der Waals surface area contributed by atoms with E-state index in [-0.39, 0.29) is 24.7 Å². The number of amides is 2. The number of hydrogen-bond acceptors (Lipinski definition) is 3. The number of hydrazone groups is 1. The molecular weight excluding hydrogens is 266 g/mol. The number of nitrogens with one attached hydrogen (secondary N) is 2. The molecular formula is C16H21N3O2. The van der Waals surface area contributed by atoms with Crippen molar-refractivity contribution in [2.75, 3.05) is 0 Å². The van der Waals surface area contributed by atoms with E-state index in [1.54, 1.807) is 0 Å². The van der Waals surface area contributed by atoms with Crippen molar-refractivity contribution < 1.29 is 9.59 Å². The van der Waals surface area contributed by atoms with Crippen LogP contribution in [-0.2, 0) is 16.1 Å². The number of carbonyl (C=O) groups is 2. The summed E-state index contributed by atoms with van der Waals surface area (Å²) in [6, 6.07) is 9.69. The predicted molar refractivity (Wildman–Crippen MR) is 81.6 cm³/mol. The Bertz CT molecular complexity index is 504. The van der Waals surface area contributed by atoms with Crippen LogP contribution in [0.3, 0.4) is 0 Å². The standard InChI is InChI=1S/C16H21N3O2/c20-15(17-12-13-6-2-1-3-7-13)10-11-16(21)19-18-14-8-4-5-9-14/h1-3,6-7H,4-5,8-12H2,(H,17,20)(H,19,21). The molecule has 1 aliphatic carbocycles. The number of rotatable bonds is 6. The van der Waals surface area contributed by atoms with E-state index in [1.165, 1.54) is 0 Å². The zero-order chi connectivity index (χ0) is 14.9. The van der Waals surface area contributed by atoms with Crippen LogP contribution in [0.2, 0.25) is 0 Å². The van der Waals surface area contributed by atoms with Gasteiger partial charge in [-0.1, -0.05) is 30.3 Å². The van der Waals surface area contributed by atoms with Crippen LogP contribution in [0.1, 0.15) is 44.1 Å². The van der Waals surface area contributed by atoms with Crippen LogP contribution < -0.4 is 10.7 Å². The molecule has 2 N–H and O–H groups in total. The van der Waals surface area contributed by atoms with Crippen LogP contribution in [0, 0.1) is 0 Å². The minimum atomic E-state index is -0.204. The van der Waals surface area contributed by atoms with Crippen molar-refractivity contribution >= 4 is 17.5 Å². The highest BCUT2D eigenvalue weighted by Crippen LogP contribution is 2.13. The van der Waals surface area contributed by atoms with Gasteiger partial charge in [0.15, 0.2) is 0 Å². The first kappa shape index (κ1) is 15.2. The minimum absolute atomic E-state index is 0.123. The Morgan fingerprint density at radius 3 is 2.38 bits per heavy atom. The number of benzene rings is 1. The van der Waals surface area contributed by atoms with Crippen LogP contribution in [0.4, 0.5) is 0 Å². The number of nitrogens with zero attached hydrogens (tertiary/aromatic N) is 1. The van der Waals surface area contributed by atoms with Gasteiger partial charge in [0.05, 0.1) is 0 Å². The lowest BCUT2D eigenvalue weighted by atomic mass is 10.2. The van der Waals surface area contributed by atoms with Crippen molar-refractivity contribution in [1.29, 1.82) is 0 Å². The maximum absolute atomic E-state index is 11.7. The van der Waals surface area contributed by atoms with Gasteiger partial charge in [-0.25, -0.2) is 5.43 Å². The van der Waals surface area contributed by atoms with Crippen LogP contribution >= 0.6 is 0 Å².